The van der Waals surface area contributed by atoms with Crippen LogP contribution in [0.4, 0.5) is 0 Å². The maximum absolute atomic E-state index is 12.3. The molecule has 100 valence electrons. The number of nitrogens with zero attached hydrogens (tertiary/aromatic N) is 1. The molecule has 0 bridgehead atoms. The third-order valence-electron chi connectivity index (χ3n) is 4.11. The summed E-state index contributed by atoms with van der Waals surface area (Å²) in [5.41, 5.74) is 0. The molecule has 2 rings (SSSR count). The van der Waals surface area contributed by atoms with E-state index in [0.717, 1.165) is 25.7 Å². The van der Waals surface area contributed by atoms with Gasteiger partial charge in [-0.05, 0) is 38.6 Å². The molecule has 1 atom stereocenters. The van der Waals surface area contributed by atoms with E-state index in [0.29, 0.717) is 30.8 Å². The Morgan fingerprint density at radius 2 is 1.88 bits per heavy atom. The van der Waals surface area contributed by atoms with E-state index in [4.69, 9.17) is 0 Å². The number of hydrogen-bond donors (Lipinski definition) is 1. The third kappa shape index (κ3) is 3.42. The normalized spacial score (nSPS) is 28.6. The van der Waals surface area contributed by atoms with Crippen LogP contribution >= 0.6 is 0 Å². The second kappa shape index (κ2) is 5.67. The molecule has 1 heterocycles. The van der Waals surface area contributed by atoms with E-state index in [9.17, 15) is 8.42 Å². The van der Waals surface area contributed by atoms with E-state index in [1.807, 2.05) is 7.05 Å². The standard InChI is InChI=1S/C12H24N2O2S/c1-13-12-7-4-8-14(9-12)17(15,16)10-11-5-2-3-6-11/h11-13H,2-10H2,1H3. The summed E-state index contributed by atoms with van der Waals surface area (Å²) in [4.78, 5) is 0. The summed E-state index contributed by atoms with van der Waals surface area (Å²) >= 11 is 0. The fourth-order valence-electron chi connectivity index (χ4n) is 3.01. The summed E-state index contributed by atoms with van der Waals surface area (Å²) in [6, 6.07) is 0.335. The first kappa shape index (κ1) is 13.3. The first-order valence-corrected chi connectivity index (χ1v) is 8.38. The molecule has 5 heteroatoms. The molecule has 1 saturated heterocycles. The minimum atomic E-state index is -3.02. The van der Waals surface area contributed by atoms with Crippen LogP contribution in [0, 0.1) is 5.92 Å². The molecule has 1 unspecified atom stereocenters. The Kier molecular flexibility index (Phi) is 4.44. The Labute approximate surface area is 105 Å². The van der Waals surface area contributed by atoms with Crippen LogP contribution in [0.25, 0.3) is 0 Å². The van der Waals surface area contributed by atoms with Crippen molar-refractivity contribution in [1.82, 2.24) is 9.62 Å². The summed E-state index contributed by atoms with van der Waals surface area (Å²) in [6.45, 7) is 1.37. The van der Waals surface area contributed by atoms with E-state index in [2.05, 4.69) is 5.32 Å². The van der Waals surface area contributed by atoms with Gasteiger partial charge in [0.05, 0.1) is 5.75 Å². The molecule has 2 aliphatic rings. The molecule has 0 aromatic carbocycles. The van der Waals surface area contributed by atoms with Crippen LogP contribution in [0.3, 0.4) is 0 Å². The number of sulfonamides is 1. The van der Waals surface area contributed by atoms with Crippen molar-refractivity contribution in [2.75, 3.05) is 25.9 Å². The fraction of sp³-hybridized carbons (Fsp3) is 1.00. The maximum atomic E-state index is 12.3. The Bertz CT molecular complexity index is 336. The minimum absolute atomic E-state index is 0.335. The van der Waals surface area contributed by atoms with Gasteiger partial charge in [-0.15, -0.1) is 0 Å². The average Bonchev–Trinajstić information content (AvgIpc) is 2.81. The molecular weight excluding hydrogens is 236 g/mol. The van der Waals surface area contributed by atoms with Crippen LogP contribution < -0.4 is 5.32 Å². The van der Waals surface area contributed by atoms with Crippen LogP contribution in [0.1, 0.15) is 38.5 Å². The monoisotopic (exact) mass is 260 g/mol. The first-order valence-electron chi connectivity index (χ1n) is 6.77. The van der Waals surface area contributed by atoms with Gasteiger partial charge in [-0.25, -0.2) is 12.7 Å². The molecule has 4 nitrogen and oxygen atoms in total. The van der Waals surface area contributed by atoms with Crippen molar-refractivity contribution in [2.24, 2.45) is 5.92 Å². The van der Waals surface area contributed by atoms with Gasteiger partial charge in [-0.2, -0.15) is 0 Å². The zero-order chi connectivity index (χ0) is 12.3. The van der Waals surface area contributed by atoms with Crippen molar-refractivity contribution in [3.63, 3.8) is 0 Å². The highest BCUT2D eigenvalue weighted by Gasteiger charge is 2.31. The molecule has 1 aliphatic carbocycles. The van der Waals surface area contributed by atoms with Gasteiger partial charge in [0, 0.05) is 19.1 Å². The lowest BCUT2D eigenvalue weighted by atomic mass is 10.1. The number of piperidine rings is 1. The molecule has 1 aliphatic heterocycles. The topological polar surface area (TPSA) is 49.4 Å². The lowest BCUT2D eigenvalue weighted by Crippen LogP contribution is -2.48. The van der Waals surface area contributed by atoms with E-state index in [1.54, 1.807) is 4.31 Å². The Morgan fingerprint density at radius 1 is 1.18 bits per heavy atom. The largest absolute Gasteiger partial charge is 0.316 e. The Balaban J connectivity index is 1.94. The molecule has 0 aromatic rings. The first-order chi connectivity index (χ1) is 8.12. The van der Waals surface area contributed by atoms with Crippen LogP contribution in [0.2, 0.25) is 0 Å². The van der Waals surface area contributed by atoms with E-state index >= 15 is 0 Å². The molecule has 17 heavy (non-hydrogen) atoms. The van der Waals surface area contributed by atoms with Gasteiger partial charge in [0.1, 0.15) is 0 Å². The Morgan fingerprint density at radius 3 is 2.53 bits per heavy atom. The lowest BCUT2D eigenvalue weighted by Gasteiger charge is -2.32. The quantitative estimate of drug-likeness (QED) is 0.826. The predicted molar refractivity (Wildman–Crippen MR) is 69.4 cm³/mol. The molecule has 0 radical (unpaired) electrons. The van der Waals surface area contributed by atoms with Gasteiger partial charge in [0.25, 0.3) is 0 Å². The average molecular weight is 260 g/mol. The molecule has 1 saturated carbocycles. The summed E-state index contributed by atoms with van der Waals surface area (Å²) in [5.74, 6) is 0.790. The molecule has 1 N–H and O–H groups in total. The van der Waals surface area contributed by atoms with E-state index in [-0.39, 0.29) is 0 Å². The SMILES string of the molecule is CNC1CCCN(S(=O)(=O)CC2CCCC2)C1. The molecule has 0 spiro atoms. The van der Waals surface area contributed by atoms with Crippen molar-refractivity contribution in [3.8, 4) is 0 Å². The number of likely N-dealkylation sites (N-methyl/N-ethyl adjacent to an activating group) is 1. The summed E-state index contributed by atoms with van der Waals surface area (Å²) in [6.07, 6.45) is 6.69. The third-order valence-corrected chi connectivity index (χ3v) is 6.12. The van der Waals surface area contributed by atoms with E-state index in [1.165, 1.54) is 12.8 Å². The number of hydrogen-bond acceptors (Lipinski definition) is 3. The second-order valence-corrected chi connectivity index (χ2v) is 7.43. The van der Waals surface area contributed by atoms with Crippen LogP contribution in [-0.2, 0) is 10.0 Å². The smallest absolute Gasteiger partial charge is 0.214 e. The minimum Gasteiger partial charge on any atom is -0.316 e. The lowest BCUT2D eigenvalue weighted by molar-refractivity contribution is 0.291. The van der Waals surface area contributed by atoms with Crippen LogP contribution in [0.15, 0.2) is 0 Å². The van der Waals surface area contributed by atoms with Gasteiger partial charge in [0.2, 0.25) is 10.0 Å². The Hall–Kier alpha value is -0.130. The highest BCUT2D eigenvalue weighted by molar-refractivity contribution is 7.89. The highest BCUT2D eigenvalue weighted by Crippen LogP contribution is 2.27. The van der Waals surface area contributed by atoms with Crippen LogP contribution in [0.5, 0.6) is 0 Å². The van der Waals surface area contributed by atoms with E-state index < -0.39 is 10.0 Å². The second-order valence-electron chi connectivity index (χ2n) is 5.41. The molecule has 2 fully saturated rings. The number of rotatable bonds is 4. The van der Waals surface area contributed by atoms with Gasteiger partial charge < -0.3 is 5.32 Å². The molecule has 0 amide bonds. The maximum Gasteiger partial charge on any atom is 0.214 e. The van der Waals surface area contributed by atoms with Gasteiger partial charge in [-0.3, -0.25) is 0 Å². The highest BCUT2D eigenvalue weighted by atomic mass is 32.2. The fourth-order valence-corrected chi connectivity index (χ4v) is 4.97. The van der Waals surface area contributed by atoms with Gasteiger partial charge in [0.15, 0.2) is 0 Å². The predicted octanol–water partition coefficient (Wildman–Crippen LogP) is 1.19. The van der Waals surface area contributed by atoms with Crippen molar-refractivity contribution in [1.29, 1.82) is 0 Å². The number of nitrogens with one attached hydrogen (secondary N) is 1. The zero-order valence-corrected chi connectivity index (χ0v) is 11.5. The van der Waals surface area contributed by atoms with Crippen LogP contribution in [-0.4, -0.2) is 44.7 Å². The molecular formula is C12H24N2O2S. The molecule has 0 aromatic heterocycles. The van der Waals surface area contributed by atoms with Crippen molar-refractivity contribution in [3.05, 3.63) is 0 Å². The summed E-state index contributed by atoms with van der Waals surface area (Å²) in [5, 5.41) is 3.19. The summed E-state index contributed by atoms with van der Waals surface area (Å²) in [7, 11) is -1.10. The zero-order valence-electron chi connectivity index (χ0n) is 10.7. The van der Waals surface area contributed by atoms with Crippen molar-refractivity contribution >= 4 is 10.0 Å². The van der Waals surface area contributed by atoms with Crippen molar-refractivity contribution in [2.45, 2.75) is 44.6 Å². The van der Waals surface area contributed by atoms with Gasteiger partial charge in [-0.1, -0.05) is 12.8 Å². The summed E-state index contributed by atoms with van der Waals surface area (Å²) < 4.78 is 26.3. The van der Waals surface area contributed by atoms with Gasteiger partial charge >= 0.3 is 0 Å². The van der Waals surface area contributed by atoms with Crippen molar-refractivity contribution < 1.29 is 8.42 Å².